The summed E-state index contributed by atoms with van der Waals surface area (Å²) in [5, 5.41) is -0.265. The normalized spacial score (nSPS) is 10.7. The molecule has 0 unspecified atom stereocenters. The van der Waals surface area contributed by atoms with Crippen molar-refractivity contribution in [3.8, 4) is 0 Å². The summed E-state index contributed by atoms with van der Waals surface area (Å²) in [4.78, 5) is 26.0. The first-order valence-electron chi connectivity index (χ1n) is 5.12. The number of nitrogens with one attached hydrogen (secondary N) is 1. The van der Waals surface area contributed by atoms with Crippen LogP contribution in [0.25, 0.3) is 11.1 Å². The molecule has 0 saturated carbocycles. The molecule has 5 nitrogen and oxygen atoms in total. The van der Waals surface area contributed by atoms with Crippen LogP contribution in [0.3, 0.4) is 0 Å². The number of carbonyl (C=O) groups excluding carboxylic acids is 1. The van der Waals surface area contributed by atoms with E-state index in [-0.39, 0.29) is 5.24 Å². The van der Waals surface area contributed by atoms with Crippen molar-refractivity contribution in [2.75, 3.05) is 13.6 Å². The molecule has 0 bridgehead atoms. The van der Waals surface area contributed by atoms with Gasteiger partial charge in [0.25, 0.3) is 5.24 Å². The van der Waals surface area contributed by atoms with Crippen LogP contribution >= 0.6 is 12.6 Å². The fourth-order valence-electron chi connectivity index (χ4n) is 1.54. The molecule has 0 aliphatic carbocycles. The Kier molecular flexibility index (Phi) is 3.23. The average molecular weight is 252 g/mol. The highest BCUT2D eigenvalue weighted by molar-refractivity contribution is 7.96. The summed E-state index contributed by atoms with van der Waals surface area (Å²) in [7, 11) is 1.68. The third-order valence-electron chi connectivity index (χ3n) is 2.55. The molecule has 1 heterocycles. The van der Waals surface area contributed by atoms with Gasteiger partial charge in [0, 0.05) is 13.6 Å². The van der Waals surface area contributed by atoms with Gasteiger partial charge in [-0.15, -0.1) is 0 Å². The number of thiol groups is 1. The third-order valence-corrected chi connectivity index (χ3v) is 2.89. The van der Waals surface area contributed by atoms with Gasteiger partial charge < -0.3 is 9.32 Å². The summed E-state index contributed by atoms with van der Waals surface area (Å²) in [5.74, 6) is -0.459. The van der Waals surface area contributed by atoms with Gasteiger partial charge in [-0.1, -0.05) is 18.7 Å². The first-order chi connectivity index (χ1) is 8.06. The zero-order chi connectivity index (χ0) is 12.4. The summed E-state index contributed by atoms with van der Waals surface area (Å²) in [6.07, 6.45) is 0.688. The molecule has 0 radical (unpaired) electrons. The number of aromatic nitrogens is 1. The van der Waals surface area contributed by atoms with Gasteiger partial charge in [0.2, 0.25) is 0 Å². The Morgan fingerprint density at radius 2 is 2.29 bits per heavy atom. The van der Waals surface area contributed by atoms with Gasteiger partial charge >= 0.3 is 5.76 Å². The van der Waals surface area contributed by atoms with Gasteiger partial charge in [-0.25, -0.2) is 4.79 Å². The quantitative estimate of drug-likeness (QED) is 0.816. The Labute approximate surface area is 103 Å². The highest BCUT2D eigenvalue weighted by Gasteiger charge is 2.05. The number of fused-ring (bicyclic) bond motifs is 1. The summed E-state index contributed by atoms with van der Waals surface area (Å²) >= 11 is 3.72. The second kappa shape index (κ2) is 4.67. The number of aromatic amines is 1. The molecule has 2 aromatic rings. The minimum absolute atomic E-state index is 0.265. The van der Waals surface area contributed by atoms with Crippen LogP contribution in [0.1, 0.15) is 5.56 Å². The van der Waals surface area contributed by atoms with Crippen molar-refractivity contribution < 1.29 is 9.21 Å². The highest BCUT2D eigenvalue weighted by Crippen LogP contribution is 2.13. The molecule has 1 aromatic carbocycles. The zero-order valence-electron chi connectivity index (χ0n) is 9.27. The standard InChI is InChI=1S/C11H12N2O3S/c1-13(11(15)17)5-4-7-2-3-8-9(6-7)16-10(14)12-8/h2-3,6H,4-5H2,1H3,(H,12,14)(H,15,17). The monoisotopic (exact) mass is 252 g/mol. The molecule has 0 aliphatic rings. The Hall–Kier alpha value is -1.69. The molecule has 17 heavy (non-hydrogen) atoms. The predicted octanol–water partition coefficient (Wildman–Crippen LogP) is 1.65. The summed E-state index contributed by atoms with van der Waals surface area (Å²) < 4.78 is 4.96. The fraction of sp³-hybridized carbons (Fsp3) is 0.273. The summed E-state index contributed by atoms with van der Waals surface area (Å²) in [6, 6.07) is 5.48. The predicted molar refractivity (Wildman–Crippen MR) is 67.6 cm³/mol. The van der Waals surface area contributed by atoms with Gasteiger partial charge in [-0.05, 0) is 24.1 Å². The van der Waals surface area contributed by atoms with Crippen LogP contribution in [0.15, 0.2) is 27.4 Å². The maximum Gasteiger partial charge on any atom is 0.417 e. The second-order valence-electron chi connectivity index (χ2n) is 3.80. The molecule has 0 aliphatic heterocycles. The molecule has 1 amide bonds. The Balaban J connectivity index is 2.14. The minimum Gasteiger partial charge on any atom is -0.408 e. The van der Waals surface area contributed by atoms with E-state index < -0.39 is 5.76 Å². The molecular weight excluding hydrogens is 240 g/mol. The second-order valence-corrected chi connectivity index (χ2v) is 4.18. The molecule has 90 valence electrons. The van der Waals surface area contributed by atoms with E-state index in [2.05, 4.69) is 17.6 Å². The van der Waals surface area contributed by atoms with Gasteiger partial charge in [0.1, 0.15) is 0 Å². The summed E-state index contributed by atoms with van der Waals surface area (Å²) in [6.45, 7) is 0.572. The van der Waals surface area contributed by atoms with Gasteiger partial charge in [-0.3, -0.25) is 9.78 Å². The number of benzene rings is 1. The lowest BCUT2D eigenvalue weighted by Crippen LogP contribution is -2.23. The van der Waals surface area contributed by atoms with Gasteiger partial charge in [-0.2, -0.15) is 0 Å². The van der Waals surface area contributed by atoms with E-state index >= 15 is 0 Å². The van der Waals surface area contributed by atoms with E-state index in [1.165, 1.54) is 4.90 Å². The number of likely N-dealkylation sites (N-methyl/N-ethyl adjacent to an activating group) is 1. The Morgan fingerprint density at radius 3 is 3.00 bits per heavy atom. The molecule has 0 atom stereocenters. The number of nitrogens with zero attached hydrogens (tertiary/aromatic N) is 1. The Morgan fingerprint density at radius 1 is 1.53 bits per heavy atom. The van der Waals surface area contributed by atoms with Crippen LogP contribution < -0.4 is 5.76 Å². The van der Waals surface area contributed by atoms with E-state index in [9.17, 15) is 9.59 Å². The van der Waals surface area contributed by atoms with E-state index in [1.807, 2.05) is 6.07 Å². The number of amides is 1. The van der Waals surface area contributed by atoms with Crippen molar-refractivity contribution >= 4 is 29.0 Å². The van der Waals surface area contributed by atoms with Gasteiger partial charge in [0.15, 0.2) is 5.58 Å². The minimum atomic E-state index is -0.459. The average Bonchev–Trinajstić information content (AvgIpc) is 2.64. The topological polar surface area (TPSA) is 66.3 Å². The first kappa shape index (κ1) is 11.8. The van der Waals surface area contributed by atoms with E-state index in [0.717, 1.165) is 5.56 Å². The smallest absolute Gasteiger partial charge is 0.408 e. The van der Waals surface area contributed by atoms with Crippen molar-refractivity contribution in [2.45, 2.75) is 6.42 Å². The number of carbonyl (C=O) groups is 1. The van der Waals surface area contributed by atoms with Crippen molar-refractivity contribution in [2.24, 2.45) is 0 Å². The maximum absolute atomic E-state index is 11.0. The lowest BCUT2D eigenvalue weighted by Gasteiger charge is -2.13. The van der Waals surface area contributed by atoms with Crippen molar-refractivity contribution in [3.63, 3.8) is 0 Å². The summed E-state index contributed by atoms with van der Waals surface area (Å²) in [5.41, 5.74) is 2.21. The van der Waals surface area contributed by atoms with Gasteiger partial charge in [0.05, 0.1) is 5.52 Å². The highest BCUT2D eigenvalue weighted by atomic mass is 32.1. The fourth-order valence-corrected chi connectivity index (χ4v) is 1.64. The van der Waals surface area contributed by atoms with Crippen LogP contribution in [0.2, 0.25) is 0 Å². The molecular formula is C11H12N2O3S. The van der Waals surface area contributed by atoms with E-state index in [1.54, 1.807) is 19.2 Å². The lowest BCUT2D eigenvalue weighted by molar-refractivity contribution is 0.234. The van der Waals surface area contributed by atoms with Crippen LogP contribution in [-0.2, 0) is 6.42 Å². The molecule has 1 N–H and O–H groups in total. The zero-order valence-corrected chi connectivity index (χ0v) is 10.2. The van der Waals surface area contributed by atoms with Crippen LogP contribution in [0, 0.1) is 0 Å². The number of hydrogen-bond donors (Lipinski definition) is 2. The van der Waals surface area contributed by atoms with Crippen LogP contribution in [0.4, 0.5) is 4.79 Å². The van der Waals surface area contributed by atoms with Crippen LogP contribution in [0.5, 0.6) is 0 Å². The number of rotatable bonds is 3. The van der Waals surface area contributed by atoms with Crippen molar-refractivity contribution in [3.05, 3.63) is 34.3 Å². The van der Waals surface area contributed by atoms with Crippen LogP contribution in [-0.4, -0.2) is 28.7 Å². The molecule has 0 fully saturated rings. The van der Waals surface area contributed by atoms with Crippen molar-refractivity contribution in [1.29, 1.82) is 0 Å². The van der Waals surface area contributed by atoms with Crippen molar-refractivity contribution in [1.82, 2.24) is 9.88 Å². The maximum atomic E-state index is 11.0. The number of hydrogen-bond acceptors (Lipinski definition) is 3. The molecule has 0 spiro atoms. The Bertz CT molecular complexity index is 602. The third kappa shape index (κ3) is 2.71. The number of oxazole rings is 1. The molecule has 2 rings (SSSR count). The lowest BCUT2D eigenvalue weighted by atomic mass is 10.1. The molecule has 6 heteroatoms. The van der Waals surface area contributed by atoms with E-state index in [0.29, 0.717) is 24.1 Å². The molecule has 1 aromatic heterocycles. The SMILES string of the molecule is CN(CCc1ccc2[nH]c(=O)oc2c1)C(=O)S. The number of H-pyrrole nitrogens is 1. The first-order valence-corrected chi connectivity index (χ1v) is 5.57. The molecule has 0 saturated heterocycles. The van der Waals surface area contributed by atoms with E-state index in [4.69, 9.17) is 4.42 Å². The largest absolute Gasteiger partial charge is 0.417 e.